The zero-order valence-electron chi connectivity index (χ0n) is 24.4. The van der Waals surface area contributed by atoms with Crippen molar-refractivity contribution in [1.82, 2.24) is 15.3 Å². The van der Waals surface area contributed by atoms with Gasteiger partial charge in [-0.3, -0.25) is 4.79 Å². The third kappa shape index (κ3) is 8.69. The smallest absolute Gasteiger partial charge is 0.339 e. The van der Waals surface area contributed by atoms with Gasteiger partial charge >= 0.3 is 5.97 Å². The minimum atomic E-state index is -1.10. The minimum absolute atomic E-state index is 0.0464. The second-order valence-electron chi connectivity index (χ2n) is 10.2. The van der Waals surface area contributed by atoms with Crippen molar-refractivity contribution in [2.24, 2.45) is 0 Å². The van der Waals surface area contributed by atoms with Gasteiger partial charge < -0.3 is 24.9 Å². The van der Waals surface area contributed by atoms with Crippen LogP contribution in [0.3, 0.4) is 0 Å². The number of ether oxygens (including phenoxy) is 2. The third-order valence-corrected chi connectivity index (χ3v) is 7.11. The number of nitrogens with one attached hydrogen (secondary N) is 2. The number of nitrogens with zero attached hydrogens (tertiary/aromatic N) is 2. The van der Waals surface area contributed by atoms with Gasteiger partial charge in [0.05, 0.1) is 43.3 Å². The van der Waals surface area contributed by atoms with Crippen LogP contribution in [0.2, 0.25) is 0 Å². The summed E-state index contributed by atoms with van der Waals surface area (Å²) >= 11 is 0. The number of nitriles is 1. The van der Waals surface area contributed by atoms with E-state index in [1.807, 2.05) is 43.3 Å². The molecule has 1 heterocycles. The second kappa shape index (κ2) is 15.2. The molecule has 0 saturated carbocycles. The summed E-state index contributed by atoms with van der Waals surface area (Å²) in [5, 5.41) is 22.1. The van der Waals surface area contributed by atoms with Gasteiger partial charge in [-0.25, -0.2) is 9.78 Å². The Morgan fingerprint density at radius 3 is 2.51 bits per heavy atom. The summed E-state index contributed by atoms with van der Waals surface area (Å²) in [4.78, 5) is 33.1. The summed E-state index contributed by atoms with van der Waals surface area (Å²) in [5.41, 5.74) is 4.01. The number of unbranched alkanes of at least 4 members (excludes halogenated alkanes) is 1. The number of carbonyl (C=O) groups excluding carboxylic acids is 1. The van der Waals surface area contributed by atoms with Gasteiger partial charge in [-0.05, 0) is 72.4 Å². The van der Waals surface area contributed by atoms with Gasteiger partial charge in [-0.1, -0.05) is 43.7 Å². The summed E-state index contributed by atoms with van der Waals surface area (Å²) < 4.78 is 10.9. The molecule has 1 unspecified atom stereocenters. The Hall–Kier alpha value is -5.10. The largest absolute Gasteiger partial charge is 0.497 e. The summed E-state index contributed by atoms with van der Waals surface area (Å²) in [6.07, 6.45) is 5.46. The number of carboxylic acids is 1. The van der Waals surface area contributed by atoms with Gasteiger partial charge in [0.25, 0.3) is 0 Å². The predicted octanol–water partition coefficient (Wildman–Crippen LogP) is 6.26. The molecule has 0 saturated heterocycles. The van der Waals surface area contributed by atoms with Gasteiger partial charge in [-0.15, -0.1) is 0 Å². The molecule has 1 aromatic heterocycles. The molecule has 4 aromatic rings. The maximum absolute atomic E-state index is 13.1. The Kier molecular flexibility index (Phi) is 10.9. The van der Waals surface area contributed by atoms with Crippen LogP contribution in [0.15, 0.2) is 72.9 Å². The first kappa shape index (κ1) is 30.8. The number of H-pyrrole nitrogens is 1. The summed E-state index contributed by atoms with van der Waals surface area (Å²) in [5.74, 6) is 0.474. The molecule has 0 bridgehead atoms. The molecule has 0 aliphatic carbocycles. The van der Waals surface area contributed by atoms with Crippen molar-refractivity contribution >= 4 is 11.9 Å². The van der Waals surface area contributed by atoms with Crippen LogP contribution in [0.1, 0.15) is 71.5 Å². The lowest BCUT2D eigenvalue weighted by Crippen LogP contribution is -2.30. The van der Waals surface area contributed by atoms with Gasteiger partial charge in [0, 0.05) is 12.8 Å². The van der Waals surface area contributed by atoms with Crippen LogP contribution in [0.5, 0.6) is 11.5 Å². The van der Waals surface area contributed by atoms with Crippen molar-refractivity contribution < 1.29 is 24.2 Å². The molecular formula is C34H36N4O5. The van der Waals surface area contributed by atoms with Crippen molar-refractivity contribution in [2.45, 2.75) is 51.5 Å². The van der Waals surface area contributed by atoms with E-state index in [4.69, 9.17) is 14.7 Å². The van der Waals surface area contributed by atoms with E-state index < -0.39 is 12.0 Å². The highest BCUT2D eigenvalue weighted by molar-refractivity contribution is 5.91. The van der Waals surface area contributed by atoms with E-state index in [-0.39, 0.29) is 11.5 Å². The second-order valence-corrected chi connectivity index (χ2v) is 10.2. The van der Waals surface area contributed by atoms with E-state index in [0.717, 1.165) is 41.8 Å². The summed E-state index contributed by atoms with van der Waals surface area (Å²) in [6.45, 7) is 2.46. The van der Waals surface area contributed by atoms with E-state index in [1.165, 1.54) is 0 Å². The van der Waals surface area contributed by atoms with Gasteiger partial charge in [-0.2, -0.15) is 5.26 Å². The van der Waals surface area contributed by atoms with Crippen molar-refractivity contribution in [3.63, 3.8) is 0 Å². The lowest BCUT2D eigenvalue weighted by molar-refractivity contribution is -0.121. The first-order chi connectivity index (χ1) is 20.9. The average molecular weight is 581 g/mol. The van der Waals surface area contributed by atoms with Crippen LogP contribution < -0.4 is 14.8 Å². The van der Waals surface area contributed by atoms with Crippen molar-refractivity contribution in [2.75, 3.05) is 13.7 Å². The zero-order chi connectivity index (χ0) is 30.6. The number of benzene rings is 3. The molecule has 9 nitrogen and oxygen atoms in total. The number of aromatic carboxylic acids is 1. The average Bonchev–Trinajstić information content (AvgIpc) is 3.50. The first-order valence-corrected chi connectivity index (χ1v) is 14.4. The fraction of sp³-hybridized carbons (Fsp3) is 0.294. The van der Waals surface area contributed by atoms with E-state index in [0.29, 0.717) is 48.6 Å². The monoisotopic (exact) mass is 580 g/mol. The number of methoxy groups -OCH3 is 1. The predicted molar refractivity (Wildman–Crippen MR) is 163 cm³/mol. The molecule has 0 radical (unpaired) electrons. The van der Waals surface area contributed by atoms with Crippen LogP contribution in [0.4, 0.5) is 0 Å². The quantitative estimate of drug-likeness (QED) is 0.141. The first-order valence-electron chi connectivity index (χ1n) is 14.4. The molecule has 0 aliphatic heterocycles. The van der Waals surface area contributed by atoms with E-state index in [2.05, 4.69) is 21.4 Å². The number of aromatic amines is 1. The van der Waals surface area contributed by atoms with E-state index in [1.54, 1.807) is 43.6 Å². The van der Waals surface area contributed by atoms with Crippen LogP contribution in [0.25, 0.3) is 11.3 Å². The molecule has 1 amide bonds. The third-order valence-electron chi connectivity index (χ3n) is 7.11. The number of aryl methyl sites for hydroxylation is 1. The zero-order valence-corrected chi connectivity index (χ0v) is 24.4. The Bertz CT molecular complexity index is 1560. The molecule has 4 rings (SSSR count). The maximum atomic E-state index is 13.1. The maximum Gasteiger partial charge on any atom is 0.339 e. The van der Waals surface area contributed by atoms with Crippen molar-refractivity contribution in [3.8, 4) is 28.8 Å². The number of carbonyl (C=O) groups is 2. The van der Waals surface area contributed by atoms with Crippen LogP contribution >= 0.6 is 0 Å². The molecular weight excluding hydrogens is 544 g/mol. The number of hydrogen-bond donors (Lipinski definition) is 3. The number of imidazole rings is 1. The molecule has 0 aliphatic rings. The Balaban J connectivity index is 1.52. The molecule has 0 spiro atoms. The van der Waals surface area contributed by atoms with Crippen LogP contribution in [0, 0.1) is 11.3 Å². The highest BCUT2D eigenvalue weighted by Crippen LogP contribution is 2.27. The molecule has 222 valence electrons. The normalized spacial score (nSPS) is 11.4. The molecule has 3 N–H and O–H groups in total. The Morgan fingerprint density at radius 1 is 1.07 bits per heavy atom. The van der Waals surface area contributed by atoms with Gasteiger partial charge in [0.1, 0.15) is 22.9 Å². The lowest BCUT2D eigenvalue weighted by Gasteiger charge is -2.20. The number of carboxylic acid groups (broad SMARTS) is 1. The number of amides is 1. The standard InChI is InChI=1S/C34H36N4O5/c1-3-4-18-43-31-17-14-26(19-28(31)34(40)41)29(38-33(39)7-5-6-23-10-15-27(42-2)16-11-23)20-32-36-22-30(37-32)25-12-8-24(21-35)9-13-25/h8-17,19,22,29H,3-7,18,20H2,1-2H3,(H,36,37)(H,38,39)(H,40,41). The fourth-order valence-electron chi connectivity index (χ4n) is 4.68. The SMILES string of the molecule is CCCCOc1ccc(C(Cc2ncc(-c3ccc(C#N)cc3)[nH]2)NC(=O)CCCc2ccc(OC)cc2)cc1C(=O)O. The van der Waals surface area contributed by atoms with Crippen LogP contribution in [-0.2, 0) is 17.6 Å². The Morgan fingerprint density at radius 2 is 1.84 bits per heavy atom. The number of rotatable bonds is 15. The van der Waals surface area contributed by atoms with E-state index in [9.17, 15) is 14.7 Å². The topological polar surface area (TPSA) is 137 Å². The van der Waals surface area contributed by atoms with E-state index >= 15 is 0 Å². The summed E-state index contributed by atoms with van der Waals surface area (Å²) in [7, 11) is 1.62. The molecule has 3 aromatic carbocycles. The molecule has 1 atom stereocenters. The van der Waals surface area contributed by atoms with Crippen molar-refractivity contribution in [3.05, 3.63) is 101 Å². The fourth-order valence-corrected chi connectivity index (χ4v) is 4.68. The molecule has 43 heavy (non-hydrogen) atoms. The van der Waals surface area contributed by atoms with Gasteiger partial charge in [0.15, 0.2) is 0 Å². The van der Waals surface area contributed by atoms with Crippen LogP contribution in [-0.4, -0.2) is 40.7 Å². The minimum Gasteiger partial charge on any atom is -0.497 e. The summed E-state index contributed by atoms with van der Waals surface area (Å²) in [6, 6.07) is 21.5. The number of hydrogen-bond acceptors (Lipinski definition) is 6. The highest BCUT2D eigenvalue weighted by atomic mass is 16.5. The molecule has 9 heteroatoms. The Labute approximate surface area is 251 Å². The van der Waals surface area contributed by atoms with Crippen molar-refractivity contribution in [1.29, 1.82) is 5.26 Å². The highest BCUT2D eigenvalue weighted by Gasteiger charge is 2.21. The molecule has 0 fully saturated rings. The lowest BCUT2D eigenvalue weighted by atomic mass is 9.99. The number of aromatic nitrogens is 2. The van der Waals surface area contributed by atoms with Gasteiger partial charge in [0.2, 0.25) is 5.91 Å².